The lowest BCUT2D eigenvalue weighted by atomic mass is 9.89. The first-order chi connectivity index (χ1) is 52.7. The second kappa shape index (κ2) is 44.7. The Morgan fingerprint density at radius 1 is 0.381 bits per heavy atom. The van der Waals surface area contributed by atoms with E-state index in [0.717, 1.165) is 120 Å². The monoisotopic (exact) mass is 1670 g/mol. The van der Waals surface area contributed by atoms with Crippen LogP contribution in [0.3, 0.4) is 0 Å². The van der Waals surface area contributed by atoms with E-state index in [0.29, 0.717) is 99.9 Å². The Kier molecular flexibility index (Phi) is 39.6. The molecule has 7 saturated heterocycles. The summed E-state index contributed by atoms with van der Waals surface area (Å²) in [6.45, 7) is 66.1. The Morgan fingerprint density at radius 3 is 1.04 bits per heavy atom. The number of carboxylic acid groups (broad SMARTS) is 1. The van der Waals surface area contributed by atoms with Crippen LogP contribution in [0, 0.1) is 5.92 Å². The van der Waals surface area contributed by atoms with Crippen molar-refractivity contribution in [2.45, 2.75) is 246 Å². The minimum Gasteiger partial charge on any atom is -0.480 e. The van der Waals surface area contributed by atoms with Gasteiger partial charge in [-0.1, -0.05) is 90.9 Å². The van der Waals surface area contributed by atoms with Crippen LogP contribution >= 0.6 is 20.4 Å². The van der Waals surface area contributed by atoms with Crippen molar-refractivity contribution < 1.29 is 58.3 Å². The SMILES string of the molecule is CC(C)N1CCN(C2CCCC2)CC1.CC(C)N1CCN(CC(=O)O)CC1.CC(C)N1CCN(CC2CCCCC2)CC1.CC(C)N1CCN(c2ccc(S(F)(F)(F)(F)F)cc2)CC1.CC(C)N1CCN(c2cccc(S(F)(F)(F)(F)F)c2)CC1.CCC(CC)N1CCN(C(C)C)CC1.COC(=O)CN1CCN(C(C)C)CC1. The molecule has 1 N–H and O–H groups in total. The van der Waals surface area contributed by atoms with Crippen molar-refractivity contribution >= 4 is 43.8 Å². The summed E-state index contributed by atoms with van der Waals surface area (Å²) >= 11 is 0. The summed E-state index contributed by atoms with van der Waals surface area (Å²) in [6.07, 6.45) is 15.9. The Labute approximate surface area is 677 Å². The molecule has 2 aliphatic carbocycles. The number of nitrogens with zero attached hydrogens (tertiary/aromatic N) is 14. The second-order valence-corrected chi connectivity index (χ2v) is 39.4. The normalized spacial score (nSPS) is 22.5. The second-order valence-electron chi connectivity index (χ2n) is 34.6. The molecule has 0 radical (unpaired) electrons. The fraction of sp³-hybridized carbons (Fsp3) is 0.831. The van der Waals surface area contributed by atoms with Crippen molar-refractivity contribution in [3.63, 3.8) is 0 Å². The molecule has 7 heterocycles. The van der Waals surface area contributed by atoms with Gasteiger partial charge < -0.3 is 24.5 Å². The Hall–Kier alpha value is -3.50. The van der Waals surface area contributed by atoms with Crippen LogP contribution in [0.5, 0.6) is 0 Å². The van der Waals surface area contributed by atoms with Crippen molar-refractivity contribution in [2.75, 3.05) is 220 Å². The highest BCUT2D eigenvalue weighted by Gasteiger charge is 2.66. The zero-order valence-corrected chi connectivity index (χ0v) is 74.3. The van der Waals surface area contributed by atoms with Crippen molar-refractivity contribution in [1.82, 2.24) is 58.8 Å². The fourth-order valence-corrected chi connectivity index (χ4v) is 18.0. The molecule has 113 heavy (non-hydrogen) atoms. The minimum atomic E-state index is -9.61. The number of halogens is 10. The van der Waals surface area contributed by atoms with Gasteiger partial charge in [0.25, 0.3) is 0 Å². The molecule has 2 aromatic carbocycles. The van der Waals surface area contributed by atoms with Gasteiger partial charge in [0.05, 0.1) is 20.2 Å². The summed E-state index contributed by atoms with van der Waals surface area (Å²) in [6, 6.07) is 12.6. The van der Waals surface area contributed by atoms with Crippen LogP contribution in [-0.2, 0) is 14.3 Å². The molecule has 2 saturated carbocycles. The van der Waals surface area contributed by atoms with Crippen molar-refractivity contribution in [3.8, 4) is 0 Å². The molecule has 11 rings (SSSR count). The number of ether oxygens (including phenoxy) is 1. The smallest absolute Gasteiger partial charge is 0.319 e. The van der Waals surface area contributed by atoms with Gasteiger partial charge in [0.1, 0.15) is 9.79 Å². The van der Waals surface area contributed by atoms with Crippen LogP contribution in [0.15, 0.2) is 58.3 Å². The summed E-state index contributed by atoms with van der Waals surface area (Å²) in [4.78, 5) is 50.7. The molecular weight excluding hydrogens is 1510 g/mol. The average molecular weight is 1670 g/mol. The van der Waals surface area contributed by atoms with Gasteiger partial charge in [0.2, 0.25) is 0 Å². The molecule has 9 fully saturated rings. The number of anilines is 2. The Morgan fingerprint density at radius 2 is 0.699 bits per heavy atom. The first-order valence-electron chi connectivity index (χ1n) is 43.0. The largest absolute Gasteiger partial charge is 0.480 e. The number of benzene rings is 2. The lowest BCUT2D eigenvalue weighted by Gasteiger charge is -2.42. The van der Waals surface area contributed by atoms with Gasteiger partial charge in [0, 0.05) is 256 Å². The summed E-state index contributed by atoms with van der Waals surface area (Å²) < 4.78 is 132. The van der Waals surface area contributed by atoms with Crippen LogP contribution < -0.4 is 9.80 Å². The third-order valence-corrected chi connectivity index (χ3v) is 26.7. The summed E-state index contributed by atoms with van der Waals surface area (Å²) in [5, 5.41) is 8.59. The molecule has 0 atom stereocenters. The van der Waals surface area contributed by atoms with E-state index in [9.17, 15) is 48.4 Å². The molecule has 662 valence electrons. The number of rotatable bonds is 21. The maximum atomic E-state index is 12.8. The standard InChI is InChI=1S/C14H28N2.2C13H19F5N2S.C12H24N2.C12H26N2.C10H20N2O2.C9H18N2O2/c1-13(2)16-10-8-15(9-11-16)12-14-6-4-3-5-7-14;1-11(2)19-7-9-20(10-8-19)12-3-5-13(6-4-12)21(14,15,16,17)18;1-11(2)19-6-8-20(9-7-19)12-4-3-5-13(10-12)21(14,15,16,17)18;1-11(2)13-7-9-14(10-8-13)12-5-3-4-6-12;1-5-12(6-2)14-9-7-13(8-10-14)11(3)4;1-9(2)12-6-4-11(5-7-12)8-10(13)14-3;1-8(2)11-5-3-10(4-6-11)7-9(12)13/h13-14H,3-12H2,1-2H3;3-6,11H,7-10H2,1-2H3;3-5,10-11H,6-9H2,1-2H3;11-12H,3-10H2,1-2H3;11-12H,5-10H2,1-4H3;9H,4-8H2,1-3H3;8H,3-7H2,1-2H3,(H,12,13). The lowest BCUT2D eigenvalue weighted by molar-refractivity contribution is -0.142. The van der Waals surface area contributed by atoms with E-state index in [1.165, 1.54) is 169 Å². The Bertz CT molecular complexity index is 2950. The van der Waals surface area contributed by atoms with E-state index in [-0.39, 0.29) is 18.2 Å². The van der Waals surface area contributed by atoms with Crippen LogP contribution in [-0.4, -0.2) is 340 Å². The molecule has 0 aromatic heterocycles. The van der Waals surface area contributed by atoms with E-state index < -0.39 is 36.2 Å². The molecule has 30 heteroatoms. The highest BCUT2D eigenvalue weighted by Crippen LogP contribution is 3.03. The van der Waals surface area contributed by atoms with Gasteiger partial charge in [-0.2, -0.15) is 0 Å². The maximum absolute atomic E-state index is 12.8. The molecule has 0 amide bonds. The van der Waals surface area contributed by atoms with Gasteiger partial charge in [-0.05, 0) is 184 Å². The number of esters is 1. The molecule has 0 spiro atoms. The predicted octanol–water partition coefficient (Wildman–Crippen LogP) is 16.8. The van der Waals surface area contributed by atoms with E-state index in [1.807, 2.05) is 23.6 Å². The molecule has 9 aliphatic rings. The van der Waals surface area contributed by atoms with Crippen molar-refractivity contribution in [1.29, 1.82) is 0 Å². The van der Waals surface area contributed by atoms with Gasteiger partial charge in [-0.3, -0.25) is 63.5 Å². The fourth-order valence-electron chi connectivity index (χ4n) is 16.7. The quantitative estimate of drug-likeness (QED) is 0.0945. The van der Waals surface area contributed by atoms with Gasteiger partial charge in [0.15, 0.2) is 0 Å². The summed E-state index contributed by atoms with van der Waals surface area (Å²) in [5.41, 5.74) is 0.744. The first kappa shape index (κ1) is 100. The number of aliphatic carboxylic acids is 1. The Balaban J connectivity index is 0.000000237. The lowest BCUT2D eigenvalue weighted by Crippen LogP contribution is -2.51. The van der Waals surface area contributed by atoms with Crippen LogP contribution in [0.2, 0.25) is 0 Å². The van der Waals surface area contributed by atoms with Gasteiger partial charge >= 0.3 is 32.4 Å². The summed E-state index contributed by atoms with van der Waals surface area (Å²) in [7, 11) is -17.7. The van der Waals surface area contributed by atoms with E-state index in [4.69, 9.17) is 5.11 Å². The number of carbonyl (C=O) groups excluding carboxylic acids is 1. The molecule has 0 unspecified atom stereocenters. The third-order valence-electron chi connectivity index (χ3n) is 24.4. The van der Waals surface area contributed by atoms with E-state index >= 15 is 0 Å². The van der Waals surface area contributed by atoms with E-state index in [1.54, 1.807) is 4.90 Å². The number of carboxylic acids is 1. The average Bonchev–Trinajstić information content (AvgIpc) is 0.884. The van der Waals surface area contributed by atoms with Crippen LogP contribution in [0.1, 0.15) is 181 Å². The summed E-state index contributed by atoms with van der Waals surface area (Å²) in [5.74, 6) is 0.153. The van der Waals surface area contributed by atoms with Gasteiger partial charge in [-0.25, -0.2) is 0 Å². The topological polar surface area (TPSA) is 109 Å². The minimum absolute atomic E-state index is 0.136. The highest BCUT2D eigenvalue weighted by atomic mass is 32.5. The third kappa shape index (κ3) is 36.5. The maximum Gasteiger partial charge on any atom is 0.319 e. The van der Waals surface area contributed by atoms with Crippen LogP contribution in [0.4, 0.5) is 50.2 Å². The molecule has 2 aromatic rings. The zero-order valence-electron chi connectivity index (χ0n) is 72.6. The van der Waals surface area contributed by atoms with Crippen molar-refractivity contribution in [3.05, 3.63) is 48.5 Å². The van der Waals surface area contributed by atoms with Gasteiger partial charge in [-0.15, -0.1) is 0 Å². The van der Waals surface area contributed by atoms with E-state index in [2.05, 4.69) is 156 Å². The predicted molar refractivity (Wildman–Crippen MR) is 452 cm³/mol. The number of piperazine rings is 7. The van der Waals surface area contributed by atoms with Crippen molar-refractivity contribution in [2.24, 2.45) is 5.92 Å². The van der Waals surface area contributed by atoms with Crippen LogP contribution in [0.25, 0.3) is 0 Å². The number of methoxy groups -OCH3 is 1. The zero-order chi connectivity index (χ0) is 84.2. The highest BCUT2D eigenvalue weighted by molar-refractivity contribution is 8.46. The number of carbonyl (C=O) groups is 2. The number of hydrogen-bond acceptors (Lipinski definition) is 17. The molecular formula is C83H154F10N14O4S2. The molecule has 0 bridgehead atoms. The molecule has 18 nitrogen and oxygen atoms in total. The number of hydrogen-bond donors (Lipinski definition) is 1. The molecule has 7 aliphatic heterocycles. The first-order valence-corrected chi connectivity index (χ1v) is 46.9.